The van der Waals surface area contributed by atoms with Gasteiger partial charge in [0.2, 0.25) is 0 Å². The monoisotopic (exact) mass is 727 g/mol. The van der Waals surface area contributed by atoms with Gasteiger partial charge >= 0.3 is 13.8 Å². The fourth-order valence-corrected chi connectivity index (χ4v) is 7.61. The molecule has 2 heterocycles. The van der Waals surface area contributed by atoms with Crippen LogP contribution in [0.15, 0.2) is 115 Å². The van der Waals surface area contributed by atoms with Crippen molar-refractivity contribution in [3.63, 3.8) is 0 Å². The molecule has 6 aromatic rings. The number of benzene rings is 5. The number of fused-ring (bicyclic) bond motifs is 1. The lowest BCUT2D eigenvalue weighted by Gasteiger charge is -2.26. The van der Waals surface area contributed by atoms with Crippen molar-refractivity contribution in [1.29, 1.82) is 0 Å². The molecule has 0 bridgehead atoms. The van der Waals surface area contributed by atoms with E-state index in [1.54, 1.807) is 65.2 Å². The van der Waals surface area contributed by atoms with Crippen LogP contribution in [0, 0.1) is 17.5 Å². The van der Waals surface area contributed by atoms with E-state index in [4.69, 9.17) is 18.3 Å². The molecule has 7 rings (SSSR count). The Morgan fingerprint density at radius 3 is 1.98 bits per heavy atom. The van der Waals surface area contributed by atoms with Crippen molar-refractivity contribution in [3.8, 4) is 22.6 Å². The number of aromatic nitrogens is 1. The highest BCUT2D eigenvalue weighted by atomic mass is 31.2. The van der Waals surface area contributed by atoms with Crippen molar-refractivity contribution in [1.82, 2.24) is 4.57 Å². The number of ether oxygens (including phenoxy) is 1. The number of carbonyl (C=O) groups is 1. The summed E-state index contributed by atoms with van der Waals surface area (Å²) in [6.45, 7) is 0.514. The Labute approximate surface area is 297 Å². The van der Waals surface area contributed by atoms with Gasteiger partial charge in [0, 0.05) is 48.2 Å². The van der Waals surface area contributed by atoms with E-state index in [1.165, 1.54) is 24.3 Å². The van der Waals surface area contributed by atoms with E-state index in [0.717, 1.165) is 18.2 Å². The summed E-state index contributed by atoms with van der Waals surface area (Å²) in [6.07, 6.45) is 1.08. The molecule has 0 atom stereocenters. The number of carboxylic acids is 1. The SMILES string of the molecule is O=C(O)c1ccc(-c2c(C3CCOCC3)n(-c3ccc(F)c(F)c3)c3cc(F)cc(OP(=O)(OCc4ccccc4)OCc4ccccc4)c23)cc1. The number of hydrogen-bond acceptors (Lipinski definition) is 6. The number of aromatic carboxylic acids is 1. The molecule has 0 radical (unpaired) electrons. The Bertz CT molecular complexity index is 2210. The van der Waals surface area contributed by atoms with Crippen LogP contribution >= 0.6 is 7.82 Å². The zero-order valence-electron chi connectivity index (χ0n) is 27.7. The first kappa shape index (κ1) is 35.2. The summed E-state index contributed by atoms with van der Waals surface area (Å²) in [6, 6.07) is 29.8. The standard InChI is InChI=1S/C40H33F3NO7P/c41-31-21-35-38(36(22-31)51-52(47,49-24-26-7-3-1-4-8-26)50-25-27-9-5-2-6-10-27)37(28-11-13-30(14-12-28)40(45)46)39(29-17-19-48-20-18-29)44(35)32-15-16-33(42)34(43)23-32/h1-16,21-23,29H,17-20,24-25H2,(H,45,46). The highest BCUT2D eigenvalue weighted by Crippen LogP contribution is 2.55. The Morgan fingerprint density at radius 2 is 1.40 bits per heavy atom. The van der Waals surface area contributed by atoms with Crippen LogP contribution in [0.25, 0.3) is 27.7 Å². The number of nitrogens with zero attached hydrogens (tertiary/aromatic N) is 1. The highest BCUT2D eigenvalue weighted by molar-refractivity contribution is 7.48. The van der Waals surface area contributed by atoms with Crippen LogP contribution in [0.5, 0.6) is 5.75 Å². The topological polar surface area (TPSA) is 96.2 Å². The fraction of sp³-hybridized carbons (Fsp3) is 0.175. The molecule has 1 saturated heterocycles. The summed E-state index contributed by atoms with van der Waals surface area (Å²) < 4.78 is 84.9. The summed E-state index contributed by atoms with van der Waals surface area (Å²) >= 11 is 0. The molecule has 0 saturated carbocycles. The molecule has 0 unspecified atom stereocenters. The average molecular weight is 728 g/mol. The van der Waals surface area contributed by atoms with Crippen molar-refractivity contribution < 1.29 is 45.9 Å². The third-order valence-corrected chi connectivity index (χ3v) is 10.2. The van der Waals surface area contributed by atoms with Crippen LogP contribution in [0.3, 0.4) is 0 Å². The molecule has 8 nitrogen and oxygen atoms in total. The maximum Gasteiger partial charge on any atom is 0.530 e. The van der Waals surface area contributed by atoms with Gasteiger partial charge in [-0.1, -0.05) is 72.8 Å². The number of phosphoric acid groups is 1. The van der Waals surface area contributed by atoms with Gasteiger partial charge in [-0.3, -0.25) is 9.05 Å². The predicted molar refractivity (Wildman–Crippen MR) is 189 cm³/mol. The molecule has 0 amide bonds. The van der Waals surface area contributed by atoms with Crippen LogP contribution in [0.4, 0.5) is 13.2 Å². The van der Waals surface area contributed by atoms with Gasteiger partial charge in [-0.05, 0) is 59.9 Å². The van der Waals surface area contributed by atoms with Crippen LogP contribution < -0.4 is 4.52 Å². The summed E-state index contributed by atoms with van der Waals surface area (Å²) in [5, 5.41) is 9.92. The number of carboxylic acid groups (broad SMARTS) is 1. The van der Waals surface area contributed by atoms with Gasteiger partial charge in [-0.15, -0.1) is 0 Å². The number of phosphoric ester groups is 1. The Balaban J connectivity index is 1.46. The Hall–Kier alpha value is -5.19. The third-order valence-electron chi connectivity index (χ3n) is 8.90. The Kier molecular flexibility index (Phi) is 10.3. The minimum atomic E-state index is -4.54. The van der Waals surface area contributed by atoms with Gasteiger partial charge in [-0.25, -0.2) is 22.5 Å². The molecule has 1 aliphatic heterocycles. The molecule has 1 N–H and O–H groups in total. The maximum atomic E-state index is 15.9. The molecule has 266 valence electrons. The highest BCUT2D eigenvalue weighted by Gasteiger charge is 2.35. The molecular formula is C40H33F3NO7P. The molecule has 1 fully saturated rings. The van der Waals surface area contributed by atoms with Crippen molar-refractivity contribution in [2.75, 3.05) is 13.2 Å². The second-order valence-corrected chi connectivity index (χ2v) is 13.9. The molecule has 1 aliphatic rings. The van der Waals surface area contributed by atoms with Crippen LogP contribution in [-0.4, -0.2) is 28.9 Å². The van der Waals surface area contributed by atoms with Crippen molar-refractivity contribution in [2.45, 2.75) is 32.0 Å². The first-order valence-electron chi connectivity index (χ1n) is 16.6. The van der Waals surface area contributed by atoms with E-state index in [2.05, 4.69) is 0 Å². The lowest BCUT2D eigenvalue weighted by atomic mass is 9.89. The first-order valence-corrected chi connectivity index (χ1v) is 18.1. The smallest absolute Gasteiger partial charge is 0.478 e. The largest absolute Gasteiger partial charge is 0.530 e. The molecule has 0 spiro atoms. The van der Waals surface area contributed by atoms with E-state index >= 15 is 4.39 Å². The minimum Gasteiger partial charge on any atom is -0.478 e. The van der Waals surface area contributed by atoms with Crippen molar-refractivity contribution in [2.24, 2.45) is 0 Å². The second-order valence-electron chi connectivity index (χ2n) is 12.3. The maximum absolute atomic E-state index is 15.9. The number of rotatable bonds is 12. The fourth-order valence-electron chi connectivity index (χ4n) is 6.44. The molecule has 1 aromatic heterocycles. The van der Waals surface area contributed by atoms with Gasteiger partial charge < -0.3 is 18.9 Å². The van der Waals surface area contributed by atoms with Crippen LogP contribution in [0.2, 0.25) is 0 Å². The van der Waals surface area contributed by atoms with Crippen molar-refractivity contribution in [3.05, 3.63) is 155 Å². The molecule has 5 aromatic carbocycles. The van der Waals surface area contributed by atoms with E-state index in [9.17, 15) is 23.2 Å². The summed E-state index contributed by atoms with van der Waals surface area (Å²) in [7, 11) is -4.54. The van der Waals surface area contributed by atoms with Gasteiger partial charge in [0.25, 0.3) is 0 Å². The minimum absolute atomic E-state index is 0.0383. The quantitative estimate of drug-likeness (QED) is 0.125. The Morgan fingerprint density at radius 1 is 0.788 bits per heavy atom. The van der Waals surface area contributed by atoms with E-state index < -0.39 is 31.2 Å². The molecule has 12 heteroatoms. The van der Waals surface area contributed by atoms with Gasteiger partial charge in [0.15, 0.2) is 11.6 Å². The lowest BCUT2D eigenvalue weighted by Crippen LogP contribution is -2.17. The molecule has 0 aliphatic carbocycles. The third kappa shape index (κ3) is 7.54. The number of halogens is 3. The number of hydrogen-bond donors (Lipinski definition) is 1. The van der Waals surface area contributed by atoms with Gasteiger partial charge in [-0.2, -0.15) is 0 Å². The van der Waals surface area contributed by atoms with Crippen molar-refractivity contribution >= 4 is 24.7 Å². The van der Waals surface area contributed by atoms with Gasteiger partial charge in [0.1, 0.15) is 11.6 Å². The zero-order valence-corrected chi connectivity index (χ0v) is 28.6. The normalized spacial score (nSPS) is 13.8. The van der Waals surface area contributed by atoms with E-state index in [1.807, 2.05) is 12.1 Å². The van der Waals surface area contributed by atoms with Gasteiger partial charge in [0.05, 0.1) is 29.7 Å². The predicted octanol–water partition coefficient (Wildman–Crippen LogP) is 10.2. The summed E-state index contributed by atoms with van der Waals surface area (Å²) in [4.78, 5) is 11.8. The summed E-state index contributed by atoms with van der Waals surface area (Å²) in [5.41, 5.74) is 3.45. The van der Waals surface area contributed by atoms with Crippen LogP contribution in [-0.2, 0) is 31.6 Å². The summed E-state index contributed by atoms with van der Waals surface area (Å²) in [5.74, 6) is -4.47. The zero-order chi connectivity index (χ0) is 36.2. The first-order chi connectivity index (χ1) is 25.2. The molecule has 52 heavy (non-hydrogen) atoms. The lowest BCUT2D eigenvalue weighted by molar-refractivity contribution is 0.0696. The average Bonchev–Trinajstić information content (AvgIpc) is 3.51. The second kappa shape index (κ2) is 15.2. The van der Waals surface area contributed by atoms with Crippen LogP contribution in [0.1, 0.15) is 45.9 Å². The molecular weight excluding hydrogens is 694 g/mol. The van der Waals surface area contributed by atoms with E-state index in [0.29, 0.717) is 54.0 Å². The van der Waals surface area contributed by atoms with E-state index in [-0.39, 0.29) is 47.0 Å².